The van der Waals surface area contributed by atoms with E-state index < -0.39 is 0 Å². The molecule has 3 aliphatic heterocycles. The quantitative estimate of drug-likeness (QED) is 0.347. The number of benzene rings is 3. The Bertz CT molecular complexity index is 1450. The van der Waals surface area contributed by atoms with Gasteiger partial charge in [0.1, 0.15) is 30.4 Å². The SMILES string of the molecule is COc1cccc(Cn2cc3c(-c4ccc(Cl)cc4)nnc-3c3cc4c(cc32)OCCO4)c1. The number of pyridine rings is 1. The van der Waals surface area contributed by atoms with Crippen LogP contribution in [0.3, 0.4) is 0 Å². The predicted molar refractivity (Wildman–Crippen MR) is 128 cm³/mol. The molecule has 0 bridgehead atoms. The van der Waals surface area contributed by atoms with Crippen LogP contribution in [0.1, 0.15) is 5.56 Å². The molecule has 3 aliphatic rings. The Hall–Kier alpha value is -3.77. The molecule has 0 spiro atoms. The summed E-state index contributed by atoms with van der Waals surface area (Å²) in [5.74, 6) is 2.29. The van der Waals surface area contributed by atoms with Crippen molar-refractivity contribution >= 4 is 22.5 Å². The van der Waals surface area contributed by atoms with Crippen molar-refractivity contribution in [3.05, 3.63) is 77.4 Å². The first-order chi connectivity index (χ1) is 16.2. The van der Waals surface area contributed by atoms with Crippen molar-refractivity contribution in [2.75, 3.05) is 20.3 Å². The third-order valence-corrected chi connectivity index (χ3v) is 6.13. The van der Waals surface area contributed by atoms with Gasteiger partial charge in [0.05, 0.1) is 12.6 Å². The Balaban J connectivity index is 1.58. The maximum atomic E-state index is 6.10. The highest BCUT2D eigenvalue weighted by atomic mass is 35.5. The Morgan fingerprint density at radius 3 is 2.48 bits per heavy atom. The molecule has 164 valence electrons. The number of nitrogens with zero attached hydrogens (tertiary/aromatic N) is 3. The number of hydrogen-bond donors (Lipinski definition) is 0. The monoisotopic (exact) mass is 457 g/mol. The lowest BCUT2D eigenvalue weighted by Crippen LogP contribution is -2.15. The average Bonchev–Trinajstić information content (AvgIpc) is 3.27. The molecule has 0 aliphatic carbocycles. The van der Waals surface area contributed by atoms with E-state index in [0.717, 1.165) is 56.2 Å². The maximum absolute atomic E-state index is 6.10. The summed E-state index contributed by atoms with van der Waals surface area (Å²) in [5.41, 5.74) is 5.69. The minimum absolute atomic E-state index is 0.529. The number of ether oxygens (including phenoxy) is 3. The summed E-state index contributed by atoms with van der Waals surface area (Å²) in [5, 5.41) is 10.7. The standard InChI is InChI=1S/C26H20ClN3O3/c1-31-19-4-2-3-16(11-19)14-30-15-21-25(17-5-7-18(27)8-6-17)28-29-26(21)20-12-23-24(13-22(20)30)33-10-9-32-23/h2-8,11-13,15H,9-10,14H2,1H3. The number of aromatic nitrogens is 3. The van der Waals surface area contributed by atoms with Crippen LogP contribution in [0.5, 0.6) is 17.2 Å². The second-order valence-electron chi connectivity index (χ2n) is 7.94. The topological polar surface area (TPSA) is 58.4 Å². The molecular formula is C26H20ClN3O3. The van der Waals surface area contributed by atoms with Gasteiger partial charge in [-0.05, 0) is 35.9 Å². The van der Waals surface area contributed by atoms with Gasteiger partial charge in [0, 0.05) is 40.3 Å². The normalized spacial score (nSPS) is 12.9. The van der Waals surface area contributed by atoms with Crippen LogP contribution in [0, 0.1) is 0 Å². The fraction of sp³-hybridized carbons (Fsp3) is 0.154. The van der Waals surface area contributed by atoms with E-state index in [2.05, 4.69) is 27.0 Å². The van der Waals surface area contributed by atoms with Gasteiger partial charge >= 0.3 is 0 Å². The predicted octanol–water partition coefficient (Wildman–Crippen LogP) is 5.68. The van der Waals surface area contributed by atoms with Crippen LogP contribution >= 0.6 is 11.6 Å². The zero-order chi connectivity index (χ0) is 22.4. The summed E-state index contributed by atoms with van der Waals surface area (Å²) in [6.45, 7) is 1.71. The van der Waals surface area contributed by atoms with Gasteiger partial charge in [-0.1, -0.05) is 35.9 Å². The highest BCUT2D eigenvalue weighted by Gasteiger charge is 2.23. The summed E-state index contributed by atoms with van der Waals surface area (Å²) >= 11 is 6.10. The lowest BCUT2D eigenvalue weighted by atomic mass is 10.0. The molecule has 3 heterocycles. The van der Waals surface area contributed by atoms with Crippen molar-refractivity contribution in [3.8, 4) is 39.8 Å². The third-order valence-electron chi connectivity index (χ3n) is 5.87. The van der Waals surface area contributed by atoms with E-state index in [1.165, 1.54) is 0 Å². The van der Waals surface area contributed by atoms with Gasteiger partial charge in [0.15, 0.2) is 11.5 Å². The molecule has 6 nitrogen and oxygen atoms in total. The lowest BCUT2D eigenvalue weighted by molar-refractivity contribution is 0.172. The van der Waals surface area contributed by atoms with Gasteiger partial charge in [0.25, 0.3) is 0 Å². The van der Waals surface area contributed by atoms with Crippen molar-refractivity contribution in [2.24, 2.45) is 0 Å². The molecule has 3 aromatic carbocycles. The van der Waals surface area contributed by atoms with E-state index >= 15 is 0 Å². The zero-order valence-corrected chi connectivity index (χ0v) is 18.7. The second kappa shape index (κ2) is 7.98. The molecule has 33 heavy (non-hydrogen) atoms. The fourth-order valence-corrected chi connectivity index (χ4v) is 4.42. The molecule has 6 rings (SSSR count). The van der Waals surface area contributed by atoms with Crippen molar-refractivity contribution < 1.29 is 14.2 Å². The Morgan fingerprint density at radius 1 is 0.939 bits per heavy atom. The van der Waals surface area contributed by atoms with Crippen LogP contribution in [-0.4, -0.2) is 35.1 Å². The van der Waals surface area contributed by atoms with Crippen LogP contribution in [0.2, 0.25) is 5.02 Å². The largest absolute Gasteiger partial charge is 0.497 e. The van der Waals surface area contributed by atoms with E-state index in [0.29, 0.717) is 24.8 Å². The second-order valence-corrected chi connectivity index (χ2v) is 8.38. The number of halogens is 1. The highest BCUT2D eigenvalue weighted by molar-refractivity contribution is 6.30. The summed E-state index contributed by atoms with van der Waals surface area (Å²) < 4.78 is 19.3. The number of fused-ring (bicyclic) bond motifs is 4. The van der Waals surface area contributed by atoms with Crippen LogP contribution < -0.4 is 14.2 Å². The molecule has 0 amide bonds. The first-order valence-electron chi connectivity index (χ1n) is 10.7. The first-order valence-corrected chi connectivity index (χ1v) is 11.0. The molecule has 0 fully saturated rings. The van der Waals surface area contributed by atoms with Gasteiger partial charge in [0.2, 0.25) is 0 Å². The summed E-state index contributed by atoms with van der Waals surface area (Å²) in [6.07, 6.45) is 2.11. The molecule has 0 N–H and O–H groups in total. The molecule has 0 atom stereocenters. The third kappa shape index (κ3) is 3.52. The van der Waals surface area contributed by atoms with Crippen molar-refractivity contribution in [3.63, 3.8) is 0 Å². The van der Waals surface area contributed by atoms with Crippen molar-refractivity contribution in [2.45, 2.75) is 6.54 Å². The van der Waals surface area contributed by atoms with Gasteiger partial charge in [-0.3, -0.25) is 0 Å². The van der Waals surface area contributed by atoms with E-state index in [4.69, 9.17) is 25.8 Å². The van der Waals surface area contributed by atoms with E-state index in [9.17, 15) is 0 Å². The number of rotatable bonds is 4. The Labute approximate surface area is 195 Å². The van der Waals surface area contributed by atoms with Gasteiger partial charge in [-0.2, -0.15) is 0 Å². The molecular weight excluding hydrogens is 438 g/mol. The van der Waals surface area contributed by atoms with Gasteiger partial charge in [-0.15, -0.1) is 10.2 Å². The molecule has 0 aromatic heterocycles. The fourth-order valence-electron chi connectivity index (χ4n) is 4.29. The summed E-state index contributed by atoms with van der Waals surface area (Å²) in [6, 6.07) is 19.8. The van der Waals surface area contributed by atoms with Crippen LogP contribution in [0.15, 0.2) is 66.9 Å². The first kappa shape index (κ1) is 19.9. The zero-order valence-electron chi connectivity index (χ0n) is 17.9. The molecule has 0 radical (unpaired) electrons. The summed E-state index contributed by atoms with van der Waals surface area (Å²) in [4.78, 5) is 0. The highest BCUT2D eigenvalue weighted by Crippen LogP contribution is 2.42. The van der Waals surface area contributed by atoms with E-state index in [1.807, 2.05) is 54.6 Å². The minimum Gasteiger partial charge on any atom is -0.497 e. The number of methoxy groups -OCH3 is 1. The van der Waals surface area contributed by atoms with E-state index in [1.54, 1.807) is 7.11 Å². The summed E-state index contributed by atoms with van der Waals surface area (Å²) in [7, 11) is 1.68. The smallest absolute Gasteiger partial charge is 0.163 e. The minimum atomic E-state index is 0.529. The average molecular weight is 458 g/mol. The van der Waals surface area contributed by atoms with Gasteiger partial charge < -0.3 is 18.8 Å². The van der Waals surface area contributed by atoms with Gasteiger partial charge in [-0.25, -0.2) is 0 Å². The molecule has 0 saturated heterocycles. The maximum Gasteiger partial charge on any atom is 0.163 e. The lowest BCUT2D eigenvalue weighted by Gasteiger charge is -2.21. The van der Waals surface area contributed by atoms with Crippen LogP contribution in [0.4, 0.5) is 0 Å². The van der Waals surface area contributed by atoms with E-state index in [-0.39, 0.29) is 0 Å². The van der Waals surface area contributed by atoms with Crippen LogP contribution in [-0.2, 0) is 6.54 Å². The molecule has 0 unspecified atom stereocenters. The number of hydrogen-bond acceptors (Lipinski definition) is 5. The Kier molecular flexibility index (Phi) is 4.80. The van der Waals surface area contributed by atoms with Crippen molar-refractivity contribution in [1.29, 1.82) is 0 Å². The molecule has 3 aromatic rings. The molecule has 7 heteroatoms. The molecule has 0 saturated carbocycles. The van der Waals surface area contributed by atoms with Crippen LogP contribution in [0.25, 0.3) is 33.4 Å². The van der Waals surface area contributed by atoms with Crippen molar-refractivity contribution in [1.82, 2.24) is 14.8 Å². The Morgan fingerprint density at radius 2 is 1.70 bits per heavy atom.